The zero-order valence-corrected chi connectivity index (χ0v) is 35.2. The third-order valence-electron chi connectivity index (χ3n) is 9.81. The molecule has 22 heteroatoms. The number of hydrogen-bond donors (Lipinski definition) is 8. The number of anilines is 1. The largest absolute Gasteiger partial charge is 0.508 e. The summed E-state index contributed by atoms with van der Waals surface area (Å²) in [6.07, 6.45) is -0.0251. The summed E-state index contributed by atoms with van der Waals surface area (Å²) in [6, 6.07) is 13.1. The molecule has 2 saturated heterocycles. The lowest BCUT2D eigenvalue weighted by molar-refractivity contribution is 0.0224. The Morgan fingerprint density at radius 2 is 1.45 bits per heavy atom. The van der Waals surface area contributed by atoms with Gasteiger partial charge in [-0.2, -0.15) is 0 Å². The number of phenolic OH excluding ortho intramolecular Hbond substituents is 2. The average molecular weight is 863 g/mol. The fourth-order valence-corrected chi connectivity index (χ4v) is 11.6. The number of phenols is 2. The van der Waals surface area contributed by atoms with Crippen LogP contribution in [-0.4, -0.2) is 92.5 Å². The minimum absolute atomic E-state index is 0.0350. The van der Waals surface area contributed by atoms with Gasteiger partial charge in [-0.15, -0.1) is 0 Å². The van der Waals surface area contributed by atoms with E-state index in [2.05, 4.69) is 45.3 Å². The number of esters is 1. The quantitative estimate of drug-likeness (QED) is 0.0430. The van der Waals surface area contributed by atoms with Crippen LogP contribution in [0.25, 0.3) is 0 Å². The van der Waals surface area contributed by atoms with Crippen LogP contribution in [0.4, 0.5) is 5.69 Å². The van der Waals surface area contributed by atoms with Crippen molar-refractivity contribution < 1.29 is 52.1 Å². The molecule has 8 atom stereocenters. The molecule has 0 bridgehead atoms. The summed E-state index contributed by atoms with van der Waals surface area (Å²) < 4.78 is 61.8. The normalized spacial score (nSPS) is 26.7. The van der Waals surface area contributed by atoms with Gasteiger partial charge < -0.3 is 48.8 Å². The minimum atomic E-state index is -3.68. The molecular weight excluding hydrogens is 820 g/mol. The van der Waals surface area contributed by atoms with E-state index in [1.54, 1.807) is 30.3 Å². The molecule has 0 saturated carbocycles. The summed E-state index contributed by atoms with van der Waals surface area (Å²) in [4.78, 5) is 13.6. The Balaban J connectivity index is 0.998. The second-order valence-corrected chi connectivity index (χ2v) is 21.3. The lowest BCUT2D eigenvalue weighted by atomic mass is 9.77. The number of carbonyl (C=O) groups excluding carboxylic acids is 1. The smallest absolute Gasteiger partial charge is 0.340 e. The maximum Gasteiger partial charge on any atom is 0.340 e. The summed E-state index contributed by atoms with van der Waals surface area (Å²) in [5, 5.41) is 32.8. The third kappa shape index (κ3) is 8.81. The van der Waals surface area contributed by atoms with Crippen molar-refractivity contribution in [2.75, 3.05) is 18.5 Å². The number of carbonyl (C=O) groups is 1. The second kappa shape index (κ2) is 16.1. The number of ether oxygens (including phenoxy) is 4. The van der Waals surface area contributed by atoms with Crippen LogP contribution in [0.15, 0.2) is 54.6 Å². The molecule has 7 rings (SSSR count). The van der Waals surface area contributed by atoms with Crippen molar-refractivity contribution in [1.29, 1.82) is 0 Å². The Morgan fingerprint density at radius 3 is 2.05 bits per heavy atom. The molecule has 4 heterocycles. The fraction of sp³-hybridized carbons (Fsp3) is 0.412. The highest BCUT2D eigenvalue weighted by Crippen LogP contribution is 2.57. The van der Waals surface area contributed by atoms with E-state index in [0.29, 0.717) is 40.8 Å². The number of hydrogen-bond acceptors (Lipinski definition) is 12. The highest BCUT2D eigenvalue weighted by Gasteiger charge is 2.54. The van der Waals surface area contributed by atoms with Crippen LogP contribution < -0.4 is 25.5 Å². The molecule has 0 aromatic heterocycles. The number of thiocarbonyl (C=S) groups is 1. The summed E-state index contributed by atoms with van der Waals surface area (Å²) in [7, 11) is 3.79. The predicted octanol–water partition coefficient (Wildman–Crippen LogP) is 3.88. The third-order valence-corrected chi connectivity index (χ3v) is 13.9. The van der Waals surface area contributed by atoms with E-state index in [0.717, 1.165) is 0 Å². The average Bonchev–Trinajstić information content (AvgIpc) is 3.73. The van der Waals surface area contributed by atoms with Crippen LogP contribution in [0.3, 0.4) is 0 Å². The first-order chi connectivity index (χ1) is 26.4. The maximum absolute atomic E-state index is 13.6. The Bertz CT molecular complexity index is 2090. The molecule has 4 aliphatic rings. The first-order valence-electron chi connectivity index (χ1n) is 18.0. The molecule has 2 fully saturated rings. The Kier molecular flexibility index (Phi) is 11.9. The van der Waals surface area contributed by atoms with Crippen molar-refractivity contribution >= 4 is 82.6 Å². The van der Waals surface area contributed by atoms with E-state index < -0.39 is 43.3 Å². The molecular formula is C34H42B2N4O11P2S3. The number of fused-ring (bicyclic) bond motifs is 6. The van der Waals surface area contributed by atoms with Crippen molar-refractivity contribution in [2.24, 2.45) is 0 Å². The standard InChI is InChI=1S/C34H42B2N4O11P2S3/c1-16(2)39-52(44,55)46-15-29-25(13-31(36)50-29)40-53(45,56)47-14-28-24(12-30(35)49-28)38-33(54)37-17-3-6-21-20(9-17)32(43)51-34(21)22-7-4-18(41)10-26(22)48-27-11-19(42)5-8-23(27)34/h3-11,16,24-25,28-31,41-42H,12-15,35-36H2,1-2H3,(H2,37,38,54)(H2,39,44,55)(H2,40,45,56). The molecule has 0 radical (unpaired) electrons. The highest BCUT2D eigenvalue weighted by molar-refractivity contribution is 8.45. The van der Waals surface area contributed by atoms with Gasteiger partial charge in [0, 0.05) is 58.6 Å². The van der Waals surface area contributed by atoms with Gasteiger partial charge in [-0.25, -0.2) is 15.0 Å². The Labute approximate surface area is 341 Å². The number of benzene rings is 3. The van der Waals surface area contributed by atoms with Gasteiger partial charge in [0.25, 0.3) is 0 Å². The maximum atomic E-state index is 13.6. The van der Waals surface area contributed by atoms with Gasteiger partial charge in [-0.05, 0) is 75.3 Å². The van der Waals surface area contributed by atoms with Crippen LogP contribution in [0, 0.1) is 0 Å². The molecule has 0 aliphatic carbocycles. The summed E-state index contributed by atoms with van der Waals surface area (Å²) in [6.45, 7) is -3.51. The molecule has 298 valence electrons. The van der Waals surface area contributed by atoms with Gasteiger partial charge in [-0.3, -0.25) is 9.13 Å². The first-order valence-corrected chi connectivity index (χ1v) is 24.0. The van der Waals surface area contributed by atoms with E-state index in [9.17, 15) is 24.1 Å². The molecule has 0 amide bonds. The van der Waals surface area contributed by atoms with Gasteiger partial charge in [0.15, 0.2) is 10.7 Å². The molecule has 1 spiro atoms. The van der Waals surface area contributed by atoms with Crippen molar-refractivity contribution in [3.63, 3.8) is 0 Å². The molecule has 6 N–H and O–H groups in total. The van der Waals surface area contributed by atoms with Crippen LogP contribution in [-0.2, 0) is 38.0 Å². The second-order valence-electron chi connectivity index (χ2n) is 14.6. The Morgan fingerprint density at radius 1 is 0.893 bits per heavy atom. The lowest BCUT2D eigenvalue weighted by Gasteiger charge is -2.36. The molecule has 3 aromatic carbocycles. The Hall–Kier alpha value is -2.73. The van der Waals surface area contributed by atoms with Gasteiger partial charge in [0.05, 0.1) is 30.9 Å². The number of thiol groups is 2. The van der Waals surface area contributed by atoms with Crippen LogP contribution in [0.1, 0.15) is 53.7 Å². The first kappa shape index (κ1) is 41.4. The van der Waals surface area contributed by atoms with Gasteiger partial charge >= 0.3 is 19.4 Å². The van der Waals surface area contributed by atoms with Crippen molar-refractivity contribution in [2.45, 2.75) is 74.6 Å². The number of rotatable bonds is 12. The predicted molar refractivity (Wildman–Crippen MR) is 225 cm³/mol. The number of nitrogens with one attached hydrogen (secondary N) is 4. The zero-order valence-electron chi connectivity index (χ0n) is 30.8. The van der Waals surface area contributed by atoms with E-state index in [1.807, 2.05) is 29.5 Å². The van der Waals surface area contributed by atoms with E-state index >= 15 is 0 Å². The molecule has 15 nitrogen and oxygen atoms in total. The van der Waals surface area contributed by atoms with Gasteiger partial charge in [-0.1, -0.05) is 30.6 Å². The van der Waals surface area contributed by atoms with E-state index in [1.165, 1.54) is 24.3 Å². The lowest BCUT2D eigenvalue weighted by Crippen LogP contribution is -2.44. The monoisotopic (exact) mass is 862 g/mol. The summed E-state index contributed by atoms with van der Waals surface area (Å²) >= 11 is 14.2. The van der Waals surface area contributed by atoms with Crippen LogP contribution >= 0.6 is 50.2 Å². The topological polar surface area (TPSA) is 195 Å². The zero-order chi connectivity index (χ0) is 40.2. The SMILES string of the molecule is BC1CC(NC(=S)Nc2ccc3c(c2)C(=O)OC32c3ccc(O)cc3Oc3cc(O)ccc32)C(COP(=O)(S)NC2CC(B)OC2COP(=O)(S)NC(C)C)O1. The van der Waals surface area contributed by atoms with Crippen molar-refractivity contribution in [1.82, 2.24) is 15.5 Å². The highest BCUT2D eigenvalue weighted by atomic mass is 32.7. The van der Waals surface area contributed by atoms with Crippen LogP contribution in [0.2, 0.25) is 0 Å². The molecule has 3 aromatic rings. The van der Waals surface area contributed by atoms with Crippen molar-refractivity contribution in [3.05, 3.63) is 76.9 Å². The summed E-state index contributed by atoms with van der Waals surface area (Å²) in [5.74, 6) is -0.0832. The number of aromatic hydroxyl groups is 2. The van der Waals surface area contributed by atoms with Gasteiger partial charge in [0.2, 0.25) is 0 Å². The van der Waals surface area contributed by atoms with E-state index in [-0.39, 0.29) is 65.4 Å². The minimum Gasteiger partial charge on any atom is -0.508 e. The van der Waals surface area contributed by atoms with Gasteiger partial charge in [0.1, 0.15) is 44.8 Å². The van der Waals surface area contributed by atoms with E-state index in [4.69, 9.17) is 40.2 Å². The molecule has 56 heavy (non-hydrogen) atoms. The van der Waals surface area contributed by atoms with Crippen molar-refractivity contribution in [3.8, 4) is 23.0 Å². The molecule has 8 unspecified atom stereocenters. The van der Waals surface area contributed by atoms with Crippen LogP contribution in [0.5, 0.6) is 23.0 Å². The fourth-order valence-electron chi connectivity index (χ4n) is 7.59. The molecule has 4 aliphatic heterocycles. The summed E-state index contributed by atoms with van der Waals surface area (Å²) in [5.41, 5.74) is 1.01.